The van der Waals surface area contributed by atoms with Crippen molar-refractivity contribution in [3.63, 3.8) is 0 Å². The van der Waals surface area contributed by atoms with Crippen molar-refractivity contribution in [3.8, 4) is 0 Å². The van der Waals surface area contributed by atoms with Gasteiger partial charge in [-0.2, -0.15) is 0 Å². The van der Waals surface area contributed by atoms with Gasteiger partial charge < -0.3 is 9.88 Å². The highest BCUT2D eigenvalue weighted by atomic mass is 16.1. The van der Waals surface area contributed by atoms with Crippen molar-refractivity contribution in [1.29, 1.82) is 0 Å². The summed E-state index contributed by atoms with van der Waals surface area (Å²) in [5, 5.41) is 3.53. The Morgan fingerprint density at radius 2 is 2.05 bits per heavy atom. The highest BCUT2D eigenvalue weighted by molar-refractivity contribution is 5.25. The number of pyridine rings is 1. The fraction of sp³-hybridized carbons (Fsp3) is 0.688. The normalized spacial score (nSPS) is 16.4. The van der Waals surface area contributed by atoms with Crippen LogP contribution in [0.25, 0.3) is 0 Å². The van der Waals surface area contributed by atoms with Crippen molar-refractivity contribution in [1.82, 2.24) is 9.88 Å². The highest BCUT2D eigenvalue weighted by Crippen LogP contribution is 2.24. The summed E-state index contributed by atoms with van der Waals surface area (Å²) < 4.78 is 2.00. The quantitative estimate of drug-likeness (QED) is 0.904. The molecule has 1 atom stereocenters. The Hall–Kier alpha value is -1.09. The second-order valence-electron chi connectivity index (χ2n) is 6.58. The Morgan fingerprint density at radius 1 is 1.32 bits per heavy atom. The molecule has 1 aliphatic rings. The van der Waals surface area contributed by atoms with Gasteiger partial charge in [0.05, 0.1) is 0 Å². The maximum absolute atomic E-state index is 12.2. The topological polar surface area (TPSA) is 34.0 Å². The van der Waals surface area contributed by atoms with Crippen molar-refractivity contribution in [2.45, 2.75) is 59.5 Å². The number of hydrogen-bond donors (Lipinski definition) is 1. The molecule has 1 aromatic rings. The highest BCUT2D eigenvalue weighted by Gasteiger charge is 2.26. The molecule has 0 amide bonds. The van der Waals surface area contributed by atoms with Crippen LogP contribution in [0.5, 0.6) is 0 Å². The first kappa shape index (κ1) is 14.3. The summed E-state index contributed by atoms with van der Waals surface area (Å²) in [6, 6.07) is 4.07. The average molecular weight is 262 g/mol. The van der Waals surface area contributed by atoms with Crippen LogP contribution < -0.4 is 10.9 Å². The van der Waals surface area contributed by atoms with Crippen LogP contribution in [0.1, 0.15) is 45.4 Å². The predicted octanol–water partition coefficient (Wildman–Crippen LogP) is 2.36. The minimum atomic E-state index is 0.146. The van der Waals surface area contributed by atoms with Gasteiger partial charge in [0.1, 0.15) is 0 Å². The molecular weight excluding hydrogens is 236 g/mol. The van der Waals surface area contributed by atoms with Crippen LogP contribution in [-0.4, -0.2) is 17.2 Å². The summed E-state index contributed by atoms with van der Waals surface area (Å²) >= 11 is 0. The molecule has 0 spiro atoms. The minimum absolute atomic E-state index is 0.146. The molecule has 1 heterocycles. The molecule has 0 saturated heterocycles. The number of hydrogen-bond acceptors (Lipinski definition) is 2. The fourth-order valence-corrected chi connectivity index (χ4v) is 2.91. The number of likely N-dealkylation sites (N-methyl/N-ethyl adjacent to an activating group) is 1. The second-order valence-corrected chi connectivity index (χ2v) is 6.58. The number of nitrogens with one attached hydrogen (secondary N) is 1. The summed E-state index contributed by atoms with van der Waals surface area (Å²) in [6.45, 7) is 10.5. The number of fused-ring (bicyclic) bond motifs is 1. The molecule has 0 aliphatic heterocycles. The maximum Gasteiger partial charge on any atom is 0.250 e. The standard InChI is InChI=1S/C16H26N2O/c1-5-17-14(16(2,3)4)11-18-13-8-6-7-12(13)9-10-15(18)19/h9-10,14,17H,5-8,11H2,1-4H3. The van der Waals surface area contributed by atoms with Gasteiger partial charge in [0.15, 0.2) is 0 Å². The molecule has 1 aromatic heterocycles. The van der Waals surface area contributed by atoms with Crippen molar-refractivity contribution >= 4 is 0 Å². The fourth-order valence-electron chi connectivity index (χ4n) is 2.91. The Morgan fingerprint density at radius 3 is 2.68 bits per heavy atom. The number of nitrogens with zero attached hydrogens (tertiary/aromatic N) is 1. The van der Waals surface area contributed by atoms with E-state index in [9.17, 15) is 4.79 Å². The minimum Gasteiger partial charge on any atom is -0.312 e. The predicted molar refractivity (Wildman–Crippen MR) is 79.6 cm³/mol. The van der Waals surface area contributed by atoms with Gasteiger partial charge >= 0.3 is 0 Å². The van der Waals surface area contributed by atoms with E-state index in [0.29, 0.717) is 6.04 Å². The van der Waals surface area contributed by atoms with Gasteiger partial charge in [-0.25, -0.2) is 0 Å². The van der Waals surface area contributed by atoms with E-state index in [1.54, 1.807) is 6.07 Å². The van der Waals surface area contributed by atoms with Crippen molar-refractivity contribution in [2.75, 3.05) is 6.54 Å². The zero-order valence-electron chi connectivity index (χ0n) is 12.6. The number of aryl methyl sites for hydroxylation is 1. The van der Waals surface area contributed by atoms with Gasteiger partial charge in [0.2, 0.25) is 0 Å². The summed E-state index contributed by atoms with van der Waals surface area (Å²) in [4.78, 5) is 12.2. The molecule has 0 aromatic carbocycles. The van der Waals surface area contributed by atoms with Gasteiger partial charge in [-0.15, -0.1) is 0 Å². The first-order valence-corrected chi connectivity index (χ1v) is 7.38. The molecule has 0 radical (unpaired) electrons. The Labute approximate surface area is 116 Å². The van der Waals surface area contributed by atoms with E-state index in [0.717, 1.165) is 25.9 Å². The zero-order chi connectivity index (χ0) is 14.0. The van der Waals surface area contributed by atoms with Gasteiger partial charge in [-0.05, 0) is 36.8 Å². The Balaban J connectivity index is 2.32. The molecule has 0 bridgehead atoms. The SMILES string of the molecule is CCNC(Cn1c2c(ccc1=O)CCC2)C(C)(C)C. The van der Waals surface area contributed by atoms with E-state index in [-0.39, 0.29) is 11.0 Å². The zero-order valence-corrected chi connectivity index (χ0v) is 12.6. The lowest BCUT2D eigenvalue weighted by atomic mass is 9.86. The van der Waals surface area contributed by atoms with Gasteiger partial charge in [0.25, 0.3) is 5.56 Å². The van der Waals surface area contributed by atoms with E-state index in [1.165, 1.54) is 17.7 Å². The smallest absolute Gasteiger partial charge is 0.250 e. The third-order valence-corrected chi connectivity index (χ3v) is 4.11. The van der Waals surface area contributed by atoms with E-state index in [1.807, 2.05) is 10.6 Å². The summed E-state index contributed by atoms with van der Waals surface area (Å²) in [5.74, 6) is 0. The van der Waals surface area contributed by atoms with Crippen LogP contribution >= 0.6 is 0 Å². The summed E-state index contributed by atoms with van der Waals surface area (Å²) in [7, 11) is 0. The molecule has 2 rings (SSSR count). The molecule has 19 heavy (non-hydrogen) atoms. The maximum atomic E-state index is 12.2. The summed E-state index contributed by atoms with van der Waals surface area (Å²) in [5.41, 5.74) is 2.92. The van der Waals surface area contributed by atoms with Crippen LogP contribution in [0, 0.1) is 5.41 Å². The Bertz CT molecular complexity index is 496. The van der Waals surface area contributed by atoms with E-state index < -0.39 is 0 Å². The van der Waals surface area contributed by atoms with E-state index in [4.69, 9.17) is 0 Å². The molecule has 3 heteroatoms. The van der Waals surface area contributed by atoms with E-state index in [2.05, 4.69) is 33.0 Å². The van der Waals surface area contributed by atoms with Crippen LogP contribution in [-0.2, 0) is 19.4 Å². The largest absolute Gasteiger partial charge is 0.312 e. The van der Waals surface area contributed by atoms with Gasteiger partial charge in [0, 0.05) is 24.3 Å². The lowest BCUT2D eigenvalue weighted by Gasteiger charge is -2.32. The van der Waals surface area contributed by atoms with E-state index >= 15 is 0 Å². The van der Waals surface area contributed by atoms with Crippen molar-refractivity contribution in [3.05, 3.63) is 33.7 Å². The number of rotatable bonds is 4. The third-order valence-electron chi connectivity index (χ3n) is 4.11. The first-order valence-electron chi connectivity index (χ1n) is 7.38. The third kappa shape index (κ3) is 3.08. The lowest BCUT2D eigenvalue weighted by Crippen LogP contribution is -2.45. The molecule has 1 aliphatic carbocycles. The molecule has 0 fully saturated rings. The van der Waals surface area contributed by atoms with Crippen LogP contribution in [0.15, 0.2) is 16.9 Å². The molecule has 0 saturated carbocycles. The molecule has 1 N–H and O–H groups in total. The van der Waals surface area contributed by atoms with Crippen molar-refractivity contribution in [2.24, 2.45) is 5.41 Å². The molecule has 106 valence electrons. The lowest BCUT2D eigenvalue weighted by molar-refractivity contribution is 0.242. The molecular formula is C16H26N2O. The average Bonchev–Trinajstić information content (AvgIpc) is 2.78. The molecule has 1 unspecified atom stereocenters. The van der Waals surface area contributed by atoms with Gasteiger partial charge in [-0.3, -0.25) is 4.79 Å². The Kier molecular flexibility index (Phi) is 4.14. The van der Waals surface area contributed by atoms with Crippen molar-refractivity contribution < 1.29 is 0 Å². The van der Waals surface area contributed by atoms with Crippen LogP contribution in [0.4, 0.5) is 0 Å². The van der Waals surface area contributed by atoms with Crippen LogP contribution in [0.2, 0.25) is 0 Å². The van der Waals surface area contributed by atoms with Gasteiger partial charge in [-0.1, -0.05) is 33.8 Å². The van der Waals surface area contributed by atoms with Crippen LogP contribution in [0.3, 0.4) is 0 Å². The second kappa shape index (κ2) is 5.49. The first-order chi connectivity index (χ1) is 8.93. The monoisotopic (exact) mass is 262 g/mol. The molecule has 3 nitrogen and oxygen atoms in total. The number of aromatic nitrogens is 1. The summed E-state index contributed by atoms with van der Waals surface area (Å²) in [6.07, 6.45) is 3.35.